The molecule has 0 aliphatic carbocycles. The summed E-state index contributed by atoms with van der Waals surface area (Å²) >= 11 is 1.19. The number of halogens is 1. The zero-order valence-corrected chi connectivity index (χ0v) is 18.7. The molecule has 3 N–H and O–H groups in total. The Balaban J connectivity index is 1.58. The van der Waals surface area contributed by atoms with Crippen LogP contribution in [0.3, 0.4) is 0 Å². The first-order valence-electron chi connectivity index (χ1n) is 10.0. The molecule has 32 heavy (non-hydrogen) atoms. The number of aliphatic hydroxyl groups is 1. The second kappa shape index (κ2) is 10.9. The van der Waals surface area contributed by atoms with Gasteiger partial charge in [0.05, 0.1) is 24.3 Å². The van der Waals surface area contributed by atoms with E-state index in [1.807, 2.05) is 32.0 Å². The van der Waals surface area contributed by atoms with Gasteiger partial charge in [0, 0.05) is 12.2 Å². The molecule has 0 atom stereocenters. The first-order valence-corrected chi connectivity index (χ1v) is 11.0. The normalized spacial score (nSPS) is 10.8. The minimum absolute atomic E-state index is 0.0575. The van der Waals surface area contributed by atoms with E-state index in [0.717, 1.165) is 22.4 Å². The summed E-state index contributed by atoms with van der Waals surface area (Å²) in [6.07, 6.45) is 1.48. The van der Waals surface area contributed by atoms with Crippen molar-refractivity contribution in [1.29, 1.82) is 0 Å². The molecular formula is C23H25FN4O3S. The Bertz CT molecular complexity index is 1100. The molecular weight excluding hydrogens is 431 g/mol. The summed E-state index contributed by atoms with van der Waals surface area (Å²) in [4.78, 5) is 29.1. The highest BCUT2D eigenvalue weighted by Gasteiger charge is 2.15. The summed E-state index contributed by atoms with van der Waals surface area (Å²) in [6.45, 7) is 3.79. The Hall–Kier alpha value is -3.17. The van der Waals surface area contributed by atoms with Gasteiger partial charge in [-0.2, -0.15) is 0 Å². The summed E-state index contributed by atoms with van der Waals surface area (Å²) in [7, 11) is 0. The molecule has 0 aliphatic heterocycles. The van der Waals surface area contributed by atoms with Crippen molar-refractivity contribution in [2.45, 2.75) is 38.7 Å². The van der Waals surface area contributed by atoms with E-state index in [0.29, 0.717) is 10.9 Å². The molecule has 168 valence electrons. The Kier molecular flexibility index (Phi) is 8.02. The van der Waals surface area contributed by atoms with Crippen molar-refractivity contribution in [3.63, 3.8) is 0 Å². The Morgan fingerprint density at radius 2 is 1.88 bits per heavy atom. The van der Waals surface area contributed by atoms with Crippen molar-refractivity contribution in [2.24, 2.45) is 0 Å². The maximum atomic E-state index is 13.0. The number of carbonyl (C=O) groups excluding carboxylic acids is 2. The monoisotopic (exact) mass is 456 g/mol. The van der Waals surface area contributed by atoms with Crippen molar-refractivity contribution >= 4 is 29.3 Å². The number of rotatable bonds is 9. The van der Waals surface area contributed by atoms with Gasteiger partial charge in [0.2, 0.25) is 11.8 Å². The lowest BCUT2D eigenvalue weighted by atomic mass is 10.1. The Morgan fingerprint density at radius 1 is 1.12 bits per heavy atom. The summed E-state index contributed by atoms with van der Waals surface area (Å²) < 4.78 is 14.6. The van der Waals surface area contributed by atoms with E-state index in [9.17, 15) is 19.1 Å². The number of benzene rings is 2. The molecule has 0 bridgehead atoms. The molecule has 0 aliphatic rings. The summed E-state index contributed by atoms with van der Waals surface area (Å²) in [5.41, 5.74) is 4.02. The number of aryl methyl sites for hydroxylation is 2. The van der Waals surface area contributed by atoms with Crippen LogP contribution in [0.25, 0.3) is 0 Å². The number of nitrogens with one attached hydrogen (secondary N) is 2. The number of imidazole rings is 1. The number of aliphatic hydroxyl groups excluding tert-OH is 1. The van der Waals surface area contributed by atoms with Gasteiger partial charge in [0.15, 0.2) is 5.16 Å². The highest BCUT2D eigenvalue weighted by molar-refractivity contribution is 7.99. The molecule has 0 spiro atoms. The molecule has 0 fully saturated rings. The van der Waals surface area contributed by atoms with Gasteiger partial charge in [-0.05, 0) is 48.7 Å². The molecule has 3 aromatic rings. The van der Waals surface area contributed by atoms with E-state index in [-0.39, 0.29) is 43.1 Å². The lowest BCUT2D eigenvalue weighted by Crippen LogP contribution is -2.28. The maximum Gasteiger partial charge on any atom is 0.240 e. The number of anilines is 1. The number of hydrogen-bond acceptors (Lipinski definition) is 5. The van der Waals surface area contributed by atoms with Crippen LogP contribution in [0.2, 0.25) is 0 Å². The SMILES string of the molecule is Cc1ccc(C)c(NC(=O)CSc2ncc(CO)n2CC(=O)NCc2ccc(F)cc2)c1. The molecule has 2 amide bonds. The fraction of sp³-hybridized carbons (Fsp3) is 0.261. The van der Waals surface area contributed by atoms with Gasteiger partial charge >= 0.3 is 0 Å². The molecule has 1 aromatic heterocycles. The number of nitrogens with zero attached hydrogens (tertiary/aromatic N) is 2. The Labute approximate surface area is 190 Å². The highest BCUT2D eigenvalue weighted by Crippen LogP contribution is 2.21. The van der Waals surface area contributed by atoms with E-state index in [2.05, 4.69) is 15.6 Å². The second-order valence-corrected chi connectivity index (χ2v) is 8.28. The standard InChI is InChI=1S/C23H25FN4O3S/c1-15-3-4-16(2)20(9-15)27-22(31)14-32-23-26-11-19(13-29)28(23)12-21(30)25-10-17-5-7-18(24)8-6-17/h3-9,11,29H,10,12-14H2,1-2H3,(H,25,30)(H,27,31). The lowest BCUT2D eigenvalue weighted by Gasteiger charge is -2.12. The van der Waals surface area contributed by atoms with Crippen molar-refractivity contribution in [3.05, 3.63) is 76.9 Å². The van der Waals surface area contributed by atoms with Crippen LogP contribution in [-0.4, -0.2) is 32.2 Å². The predicted molar refractivity (Wildman–Crippen MR) is 122 cm³/mol. The second-order valence-electron chi connectivity index (χ2n) is 7.33. The fourth-order valence-electron chi connectivity index (χ4n) is 2.99. The van der Waals surface area contributed by atoms with Gasteiger partial charge in [-0.15, -0.1) is 0 Å². The zero-order chi connectivity index (χ0) is 23.1. The van der Waals surface area contributed by atoms with E-state index >= 15 is 0 Å². The first-order chi connectivity index (χ1) is 15.4. The van der Waals surface area contributed by atoms with Crippen molar-refractivity contribution in [1.82, 2.24) is 14.9 Å². The van der Waals surface area contributed by atoms with E-state index in [4.69, 9.17) is 0 Å². The Morgan fingerprint density at radius 3 is 2.59 bits per heavy atom. The van der Waals surface area contributed by atoms with Gasteiger partial charge in [-0.1, -0.05) is 36.0 Å². The molecule has 0 saturated heterocycles. The van der Waals surface area contributed by atoms with Gasteiger partial charge in [-0.25, -0.2) is 9.37 Å². The van der Waals surface area contributed by atoms with Crippen LogP contribution in [0.15, 0.2) is 53.8 Å². The topological polar surface area (TPSA) is 96.2 Å². The van der Waals surface area contributed by atoms with E-state index in [1.54, 1.807) is 16.7 Å². The minimum Gasteiger partial charge on any atom is -0.390 e. The average Bonchev–Trinajstić information content (AvgIpc) is 3.16. The van der Waals surface area contributed by atoms with Crippen molar-refractivity contribution < 1.29 is 19.1 Å². The summed E-state index contributed by atoms with van der Waals surface area (Å²) in [5, 5.41) is 15.7. The van der Waals surface area contributed by atoms with Crippen LogP contribution >= 0.6 is 11.8 Å². The van der Waals surface area contributed by atoms with Gasteiger partial charge in [-0.3, -0.25) is 9.59 Å². The van der Waals surface area contributed by atoms with Crippen LogP contribution in [0, 0.1) is 19.7 Å². The van der Waals surface area contributed by atoms with Crippen molar-refractivity contribution in [2.75, 3.05) is 11.1 Å². The largest absolute Gasteiger partial charge is 0.390 e. The quantitative estimate of drug-likeness (QED) is 0.430. The molecule has 0 saturated carbocycles. The fourth-order valence-corrected chi connectivity index (χ4v) is 3.79. The van der Waals surface area contributed by atoms with E-state index in [1.165, 1.54) is 30.1 Å². The van der Waals surface area contributed by atoms with E-state index < -0.39 is 0 Å². The third-order valence-electron chi connectivity index (χ3n) is 4.77. The third kappa shape index (κ3) is 6.41. The molecule has 7 nitrogen and oxygen atoms in total. The van der Waals surface area contributed by atoms with Crippen LogP contribution in [0.1, 0.15) is 22.4 Å². The summed E-state index contributed by atoms with van der Waals surface area (Å²) in [5.74, 6) is -0.713. The van der Waals surface area contributed by atoms with Gasteiger partial charge in [0.1, 0.15) is 12.4 Å². The van der Waals surface area contributed by atoms with Crippen LogP contribution < -0.4 is 10.6 Å². The smallest absolute Gasteiger partial charge is 0.240 e. The number of hydrogen-bond donors (Lipinski definition) is 3. The number of aromatic nitrogens is 2. The molecule has 0 unspecified atom stereocenters. The van der Waals surface area contributed by atoms with Crippen LogP contribution in [0.5, 0.6) is 0 Å². The van der Waals surface area contributed by atoms with Gasteiger partial charge < -0.3 is 20.3 Å². The third-order valence-corrected chi connectivity index (χ3v) is 5.76. The minimum atomic E-state index is -0.339. The zero-order valence-electron chi connectivity index (χ0n) is 17.9. The molecule has 3 rings (SSSR count). The molecule has 9 heteroatoms. The molecule has 2 aromatic carbocycles. The average molecular weight is 457 g/mol. The molecule has 0 radical (unpaired) electrons. The number of amides is 2. The highest BCUT2D eigenvalue weighted by atomic mass is 32.2. The molecule has 1 heterocycles. The van der Waals surface area contributed by atoms with Gasteiger partial charge in [0.25, 0.3) is 0 Å². The predicted octanol–water partition coefficient (Wildman–Crippen LogP) is 3.18. The lowest BCUT2D eigenvalue weighted by molar-refractivity contribution is -0.122. The van der Waals surface area contributed by atoms with Crippen molar-refractivity contribution in [3.8, 4) is 0 Å². The summed E-state index contributed by atoms with van der Waals surface area (Å²) in [6, 6.07) is 11.7. The number of carbonyl (C=O) groups is 2. The number of thioether (sulfide) groups is 1. The first kappa shape index (κ1) is 23.5. The maximum absolute atomic E-state index is 13.0. The van der Waals surface area contributed by atoms with Crippen LogP contribution in [0.4, 0.5) is 10.1 Å². The van der Waals surface area contributed by atoms with Crippen LogP contribution in [-0.2, 0) is 29.3 Å².